The van der Waals surface area contributed by atoms with Crippen molar-refractivity contribution in [3.63, 3.8) is 0 Å². The largest absolute Gasteiger partial charge is 0.313 e. The summed E-state index contributed by atoms with van der Waals surface area (Å²) in [6, 6.07) is 10.1. The highest BCUT2D eigenvalue weighted by Crippen LogP contribution is 2.26. The van der Waals surface area contributed by atoms with E-state index < -0.39 is 11.6 Å². The summed E-state index contributed by atoms with van der Waals surface area (Å²) in [7, 11) is 0. The maximum Gasteiger partial charge on any atom is 0.159 e. The lowest BCUT2D eigenvalue weighted by molar-refractivity contribution is 0.509. The number of benzene rings is 2. The molecule has 0 saturated heterocycles. The SMILES string of the molecule is CCCNCc1ccc(C)c(-c2ccc(F)c(F)c2)c1. The van der Waals surface area contributed by atoms with Gasteiger partial charge in [-0.3, -0.25) is 0 Å². The first-order valence-electron chi connectivity index (χ1n) is 6.87. The number of nitrogens with one attached hydrogen (secondary N) is 1. The lowest BCUT2D eigenvalue weighted by atomic mass is 9.98. The number of hydrogen-bond donors (Lipinski definition) is 1. The molecule has 1 nitrogen and oxygen atoms in total. The van der Waals surface area contributed by atoms with Crippen LogP contribution < -0.4 is 5.32 Å². The summed E-state index contributed by atoms with van der Waals surface area (Å²) in [5.41, 5.74) is 3.84. The molecule has 0 fully saturated rings. The van der Waals surface area contributed by atoms with E-state index in [2.05, 4.69) is 18.3 Å². The van der Waals surface area contributed by atoms with Gasteiger partial charge in [0.05, 0.1) is 0 Å². The molecular formula is C17H19F2N. The maximum atomic E-state index is 13.4. The minimum absolute atomic E-state index is 0.707. The van der Waals surface area contributed by atoms with Crippen molar-refractivity contribution in [2.24, 2.45) is 0 Å². The first-order chi connectivity index (χ1) is 9.61. The Hall–Kier alpha value is -1.74. The molecule has 1 N–H and O–H groups in total. The van der Waals surface area contributed by atoms with Gasteiger partial charge < -0.3 is 5.32 Å². The normalized spacial score (nSPS) is 10.8. The van der Waals surface area contributed by atoms with Gasteiger partial charge in [0.2, 0.25) is 0 Å². The highest BCUT2D eigenvalue weighted by molar-refractivity contribution is 5.68. The van der Waals surface area contributed by atoms with E-state index in [0.717, 1.165) is 36.2 Å². The summed E-state index contributed by atoms with van der Waals surface area (Å²) in [6.07, 6.45) is 1.09. The van der Waals surface area contributed by atoms with Gasteiger partial charge in [0.25, 0.3) is 0 Å². The third kappa shape index (κ3) is 3.42. The molecule has 2 aromatic rings. The molecule has 0 radical (unpaired) electrons. The Kier molecular flexibility index (Phi) is 4.85. The highest BCUT2D eigenvalue weighted by Gasteiger charge is 2.07. The zero-order valence-corrected chi connectivity index (χ0v) is 11.8. The summed E-state index contributed by atoms with van der Waals surface area (Å²) in [6.45, 7) is 5.84. The zero-order chi connectivity index (χ0) is 14.5. The van der Waals surface area contributed by atoms with Gasteiger partial charge in [-0.25, -0.2) is 8.78 Å². The van der Waals surface area contributed by atoms with Crippen LogP contribution in [0.2, 0.25) is 0 Å². The number of hydrogen-bond acceptors (Lipinski definition) is 1. The van der Waals surface area contributed by atoms with Crippen LogP contribution in [0.1, 0.15) is 24.5 Å². The van der Waals surface area contributed by atoms with E-state index >= 15 is 0 Å². The van der Waals surface area contributed by atoms with Gasteiger partial charge in [-0.05, 0) is 60.3 Å². The highest BCUT2D eigenvalue weighted by atomic mass is 19.2. The molecule has 106 valence electrons. The van der Waals surface area contributed by atoms with Crippen molar-refractivity contribution < 1.29 is 8.78 Å². The molecule has 0 saturated carbocycles. The first-order valence-corrected chi connectivity index (χ1v) is 6.87. The van der Waals surface area contributed by atoms with Crippen molar-refractivity contribution >= 4 is 0 Å². The second-order valence-corrected chi connectivity index (χ2v) is 4.95. The third-order valence-electron chi connectivity index (χ3n) is 3.29. The first kappa shape index (κ1) is 14.7. The van der Waals surface area contributed by atoms with Crippen molar-refractivity contribution in [2.75, 3.05) is 6.54 Å². The summed E-state index contributed by atoms with van der Waals surface area (Å²) < 4.78 is 26.4. The van der Waals surface area contributed by atoms with Crippen LogP contribution in [0.3, 0.4) is 0 Å². The Balaban J connectivity index is 2.29. The molecule has 3 heteroatoms. The third-order valence-corrected chi connectivity index (χ3v) is 3.29. The predicted molar refractivity (Wildman–Crippen MR) is 78.5 cm³/mol. The predicted octanol–water partition coefficient (Wildman–Crippen LogP) is 4.44. The van der Waals surface area contributed by atoms with Crippen LogP contribution in [-0.4, -0.2) is 6.54 Å². The van der Waals surface area contributed by atoms with Crippen LogP contribution in [0.4, 0.5) is 8.78 Å². The molecule has 0 heterocycles. The van der Waals surface area contributed by atoms with E-state index in [0.29, 0.717) is 5.56 Å². The number of rotatable bonds is 5. The summed E-state index contributed by atoms with van der Waals surface area (Å²) in [4.78, 5) is 0. The zero-order valence-electron chi connectivity index (χ0n) is 11.8. The molecule has 0 aromatic heterocycles. The summed E-state index contributed by atoms with van der Waals surface area (Å²) >= 11 is 0. The van der Waals surface area contributed by atoms with Crippen molar-refractivity contribution in [3.05, 3.63) is 59.2 Å². The standard InChI is InChI=1S/C17H19F2N/c1-3-8-20-11-13-5-4-12(2)15(9-13)14-6-7-16(18)17(19)10-14/h4-7,9-10,20H,3,8,11H2,1-2H3. The second kappa shape index (κ2) is 6.62. The van der Waals surface area contributed by atoms with Crippen LogP contribution in [0.5, 0.6) is 0 Å². The van der Waals surface area contributed by atoms with Crippen molar-refractivity contribution in [3.8, 4) is 11.1 Å². The minimum Gasteiger partial charge on any atom is -0.313 e. The Morgan fingerprint density at radius 3 is 2.50 bits per heavy atom. The monoisotopic (exact) mass is 275 g/mol. The van der Waals surface area contributed by atoms with Crippen molar-refractivity contribution in [1.82, 2.24) is 5.32 Å². The molecule has 0 unspecified atom stereocenters. The van der Waals surface area contributed by atoms with Gasteiger partial charge >= 0.3 is 0 Å². The van der Waals surface area contributed by atoms with Gasteiger partial charge in [-0.2, -0.15) is 0 Å². The molecule has 20 heavy (non-hydrogen) atoms. The lowest BCUT2D eigenvalue weighted by Crippen LogP contribution is -2.13. The Bertz CT molecular complexity index is 594. The molecule has 0 bridgehead atoms. The van der Waals surface area contributed by atoms with Crippen LogP contribution in [0.25, 0.3) is 11.1 Å². The van der Waals surface area contributed by atoms with E-state index in [1.54, 1.807) is 6.07 Å². The minimum atomic E-state index is -0.813. The van der Waals surface area contributed by atoms with Gasteiger partial charge in [-0.1, -0.05) is 25.1 Å². The fraction of sp³-hybridized carbons (Fsp3) is 0.294. The second-order valence-electron chi connectivity index (χ2n) is 4.95. The molecule has 2 aromatic carbocycles. The fourth-order valence-electron chi connectivity index (χ4n) is 2.16. The Morgan fingerprint density at radius 2 is 1.80 bits per heavy atom. The molecule has 0 aliphatic carbocycles. The van der Waals surface area contributed by atoms with E-state index in [1.807, 2.05) is 19.1 Å². The Morgan fingerprint density at radius 1 is 1.00 bits per heavy atom. The maximum absolute atomic E-state index is 13.4. The quantitative estimate of drug-likeness (QED) is 0.795. The number of aryl methyl sites for hydroxylation is 1. The molecule has 0 aliphatic heterocycles. The van der Waals surface area contributed by atoms with Crippen molar-refractivity contribution in [1.29, 1.82) is 0 Å². The molecule has 0 spiro atoms. The average molecular weight is 275 g/mol. The van der Waals surface area contributed by atoms with Gasteiger partial charge in [0.15, 0.2) is 11.6 Å². The lowest BCUT2D eigenvalue weighted by Gasteiger charge is -2.10. The smallest absolute Gasteiger partial charge is 0.159 e. The average Bonchev–Trinajstić information content (AvgIpc) is 2.44. The van der Waals surface area contributed by atoms with Crippen LogP contribution in [-0.2, 0) is 6.54 Å². The van der Waals surface area contributed by atoms with E-state index in [1.165, 1.54) is 12.1 Å². The fourth-order valence-corrected chi connectivity index (χ4v) is 2.16. The van der Waals surface area contributed by atoms with Gasteiger partial charge in [0, 0.05) is 6.54 Å². The van der Waals surface area contributed by atoms with Crippen LogP contribution in [0, 0.1) is 18.6 Å². The van der Waals surface area contributed by atoms with Gasteiger partial charge in [0.1, 0.15) is 0 Å². The summed E-state index contributed by atoms with van der Waals surface area (Å²) in [5.74, 6) is -1.62. The molecule has 2 rings (SSSR count). The topological polar surface area (TPSA) is 12.0 Å². The van der Waals surface area contributed by atoms with Crippen LogP contribution >= 0.6 is 0 Å². The number of halogens is 2. The Labute approximate surface area is 118 Å². The van der Waals surface area contributed by atoms with E-state index in [9.17, 15) is 8.78 Å². The van der Waals surface area contributed by atoms with E-state index in [4.69, 9.17) is 0 Å². The van der Waals surface area contributed by atoms with Crippen LogP contribution in [0.15, 0.2) is 36.4 Å². The molecule has 0 amide bonds. The molecular weight excluding hydrogens is 256 g/mol. The van der Waals surface area contributed by atoms with Crippen molar-refractivity contribution in [2.45, 2.75) is 26.8 Å². The summed E-state index contributed by atoms with van der Waals surface area (Å²) in [5, 5.41) is 3.34. The van der Waals surface area contributed by atoms with Gasteiger partial charge in [-0.15, -0.1) is 0 Å². The molecule has 0 aliphatic rings. The molecule has 0 atom stereocenters. The van der Waals surface area contributed by atoms with E-state index in [-0.39, 0.29) is 0 Å².